The van der Waals surface area contributed by atoms with Crippen molar-refractivity contribution in [2.45, 2.75) is 24.0 Å². The van der Waals surface area contributed by atoms with Gasteiger partial charge in [0.1, 0.15) is 6.04 Å². The van der Waals surface area contributed by atoms with Crippen molar-refractivity contribution in [2.75, 3.05) is 12.4 Å². The van der Waals surface area contributed by atoms with Crippen LogP contribution in [0.15, 0.2) is 9.93 Å². The van der Waals surface area contributed by atoms with Crippen molar-refractivity contribution in [3.63, 3.8) is 0 Å². The minimum atomic E-state index is -5.26. The number of hydrogen-bond donors (Lipinski definition) is 4. The Morgan fingerprint density at radius 2 is 1.93 bits per heavy atom. The molecule has 0 aromatic heterocycles. The Morgan fingerprint density at radius 1 is 1.30 bits per heavy atom. The van der Waals surface area contributed by atoms with Gasteiger partial charge in [0, 0.05) is 12.4 Å². The number of carbonyl (C=O) groups excluding carboxylic acids is 2. The maximum Gasteiger partial charge on any atom is 0.471 e. The summed E-state index contributed by atoms with van der Waals surface area (Å²) in [5.74, 6) is -7.28. The molecule has 2 heterocycles. The first kappa shape index (κ1) is 21.4. The lowest BCUT2D eigenvalue weighted by molar-refractivity contribution is -0.175. The highest BCUT2D eigenvalue weighted by Crippen LogP contribution is 2.53. The Balaban J connectivity index is 2.11. The molecule has 2 aliphatic heterocycles. The smallest absolute Gasteiger partial charge is 0.471 e. The number of β-lactam (4-membered cyclic amide) rings is 1. The van der Waals surface area contributed by atoms with Crippen LogP contribution in [-0.4, -0.2) is 73.9 Å². The van der Waals surface area contributed by atoms with Crippen LogP contribution in [0.3, 0.4) is 0 Å². The summed E-state index contributed by atoms with van der Waals surface area (Å²) in [6.45, 7) is -0.281. The molecule has 4 N–H and O–H groups in total. The number of aliphatic hydroxyl groups is 1. The second-order valence-electron chi connectivity index (χ2n) is 5.45. The molecular formula is C13H13F3N2O7S2. The minimum Gasteiger partial charge on any atom is -0.480 e. The van der Waals surface area contributed by atoms with Gasteiger partial charge >= 0.3 is 24.0 Å². The molecule has 0 aromatic rings. The number of hydrogen-bond acceptors (Lipinski definition) is 7. The number of fused-ring (bicyclic) bond motifs is 1. The molecule has 0 aromatic carbocycles. The Kier molecular flexibility index (Phi) is 6.32. The van der Waals surface area contributed by atoms with Gasteiger partial charge in [-0.05, 0) is 6.42 Å². The number of nitrogens with one attached hydrogen (secondary N) is 1. The minimum absolute atomic E-state index is 0.0498. The zero-order chi connectivity index (χ0) is 20.5. The van der Waals surface area contributed by atoms with Gasteiger partial charge in [-0.2, -0.15) is 13.2 Å². The van der Waals surface area contributed by atoms with Crippen LogP contribution in [-0.2, 0) is 19.2 Å². The van der Waals surface area contributed by atoms with Gasteiger partial charge in [0.2, 0.25) is 5.91 Å². The Bertz CT molecular complexity index is 713. The second-order valence-corrected chi connectivity index (χ2v) is 7.87. The van der Waals surface area contributed by atoms with Crippen LogP contribution in [0.2, 0.25) is 0 Å². The summed E-state index contributed by atoms with van der Waals surface area (Å²) in [6.07, 6.45) is -5.14. The second kappa shape index (κ2) is 7.98. The normalized spacial score (nSPS) is 23.0. The van der Waals surface area contributed by atoms with Crippen LogP contribution >= 0.6 is 23.5 Å². The molecule has 2 aliphatic rings. The van der Waals surface area contributed by atoms with Crippen LogP contribution in [0.4, 0.5) is 13.2 Å². The van der Waals surface area contributed by atoms with Crippen molar-refractivity contribution >= 4 is 47.3 Å². The first-order valence-electron chi connectivity index (χ1n) is 7.30. The van der Waals surface area contributed by atoms with Crippen LogP contribution in [0, 0.1) is 5.92 Å². The average Bonchev–Trinajstić information content (AvgIpc) is 2.90. The van der Waals surface area contributed by atoms with E-state index in [0.717, 1.165) is 16.7 Å². The predicted molar refractivity (Wildman–Crippen MR) is 86.2 cm³/mol. The number of aliphatic carboxylic acids is 2. The molecule has 9 nitrogen and oxygen atoms in total. The van der Waals surface area contributed by atoms with E-state index in [1.165, 1.54) is 5.32 Å². The van der Waals surface area contributed by atoms with Crippen molar-refractivity contribution in [2.24, 2.45) is 5.92 Å². The topological polar surface area (TPSA) is 144 Å². The molecule has 14 heteroatoms. The van der Waals surface area contributed by atoms with Crippen molar-refractivity contribution in [1.82, 2.24) is 10.2 Å². The number of rotatable bonds is 8. The zero-order valence-corrected chi connectivity index (χ0v) is 14.9. The summed E-state index contributed by atoms with van der Waals surface area (Å²) >= 11 is 1.58. The van der Waals surface area contributed by atoms with E-state index in [1.54, 1.807) is 0 Å². The molecule has 0 radical (unpaired) electrons. The van der Waals surface area contributed by atoms with Crippen molar-refractivity contribution in [3.05, 3.63) is 9.93 Å². The van der Waals surface area contributed by atoms with Crippen LogP contribution in [0.25, 0.3) is 0 Å². The molecule has 2 amide bonds. The van der Waals surface area contributed by atoms with Gasteiger partial charge in [-0.3, -0.25) is 14.5 Å². The molecular weight excluding hydrogens is 417 g/mol. The Hall–Kier alpha value is -1.93. The average molecular weight is 430 g/mol. The van der Waals surface area contributed by atoms with Crippen LogP contribution in [0.5, 0.6) is 0 Å². The molecule has 2 rings (SSSR count). The van der Waals surface area contributed by atoms with Gasteiger partial charge in [0.05, 0.1) is 15.5 Å². The van der Waals surface area contributed by atoms with E-state index >= 15 is 0 Å². The molecule has 150 valence electrons. The Morgan fingerprint density at radius 3 is 2.41 bits per heavy atom. The first-order chi connectivity index (χ1) is 12.5. The number of amides is 2. The van der Waals surface area contributed by atoms with E-state index in [0.29, 0.717) is 11.8 Å². The SMILES string of the molecule is O=C(O)C1=C(SC[C@H](NC(=O)C(F)(F)F)C(=O)O)S[C@@H]2[C@@H](CCO)C(=O)N12. The van der Waals surface area contributed by atoms with Crippen LogP contribution < -0.4 is 5.32 Å². The molecule has 27 heavy (non-hydrogen) atoms. The first-order valence-corrected chi connectivity index (χ1v) is 9.17. The molecule has 3 atom stereocenters. The predicted octanol–water partition coefficient (Wildman–Crippen LogP) is 0.0187. The lowest BCUT2D eigenvalue weighted by Gasteiger charge is -2.41. The molecule has 0 saturated carbocycles. The van der Waals surface area contributed by atoms with Crippen molar-refractivity contribution < 1.29 is 47.7 Å². The van der Waals surface area contributed by atoms with E-state index in [1.807, 2.05) is 0 Å². The highest BCUT2D eigenvalue weighted by molar-refractivity contribution is 8.22. The van der Waals surface area contributed by atoms with E-state index in [2.05, 4.69) is 0 Å². The van der Waals surface area contributed by atoms with E-state index in [9.17, 15) is 37.5 Å². The number of carboxylic acids is 2. The number of nitrogens with zero attached hydrogens (tertiary/aromatic N) is 1. The fraction of sp³-hybridized carbons (Fsp3) is 0.538. The lowest BCUT2D eigenvalue weighted by Crippen LogP contribution is -2.57. The van der Waals surface area contributed by atoms with Crippen molar-refractivity contribution in [3.8, 4) is 0 Å². The quantitative estimate of drug-likeness (QED) is 0.392. The third-order valence-corrected chi connectivity index (χ3v) is 6.49. The Labute approximate surface area is 157 Å². The number of halogens is 3. The largest absolute Gasteiger partial charge is 0.480 e. The van der Waals surface area contributed by atoms with Gasteiger partial charge in [-0.25, -0.2) is 9.59 Å². The molecule has 0 unspecified atom stereocenters. The lowest BCUT2D eigenvalue weighted by atomic mass is 9.94. The standard InChI is InChI=1S/C13H13F3N2O7S2/c14-13(15,16)12(25)17-5(9(21)22)3-26-11-6(10(23)24)18-7(20)4(1-2-19)8(18)27-11/h4-5,8,19H,1-3H2,(H,17,25)(H,21,22)(H,23,24)/t4-,5-,8+/m0/s1. The molecule has 1 saturated heterocycles. The van der Waals surface area contributed by atoms with Gasteiger partial charge in [0.15, 0.2) is 5.70 Å². The third kappa shape index (κ3) is 4.32. The number of thioether (sulfide) groups is 2. The summed E-state index contributed by atoms with van der Waals surface area (Å²) in [5, 5.41) is 28.0. The highest BCUT2D eigenvalue weighted by Gasteiger charge is 2.55. The highest BCUT2D eigenvalue weighted by atomic mass is 32.2. The molecule has 0 spiro atoms. The molecule has 1 fully saturated rings. The van der Waals surface area contributed by atoms with E-state index in [-0.39, 0.29) is 23.0 Å². The van der Waals surface area contributed by atoms with Gasteiger partial charge in [-0.15, -0.1) is 11.8 Å². The summed E-state index contributed by atoms with van der Waals surface area (Å²) in [6, 6.07) is -1.91. The zero-order valence-electron chi connectivity index (χ0n) is 13.2. The number of alkyl halides is 3. The maximum absolute atomic E-state index is 12.3. The van der Waals surface area contributed by atoms with Crippen LogP contribution in [0.1, 0.15) is 6.42 Å². The van der Waals surface area contributed by atoms with E-state index < -0.39 is 53.0 Å². The monoisotopic (exact) mass is 430 g/mol. The van der Waals surface area contributed by atoms with Crippen molar-refractivity contribution in [1.29, 1.82) is 0 Å². The third-order valence-electron chi connectivity index (χ3n) is 3.70. The molecule has 0 aliphatic carbocycles. The summed E-state index contributed by atoms with van der Waals surface area (Å²) in [5.41, 5.74) is -0.388. The number of aliphatic hydroxyl groups excluding tert-OH is 1. The fourth-order valence-corrected chi connectivity index (χ4v) is 5.32. The van der Waals surface area contributed by atoms with Gasteiger partial charge < -0.3 is 20.6 Å². The molecule has 0 bridgehead atoms. The number of carbonyl (C=O) groups is 4. The summed E-state index contributed by atoms with van der Waals surface area (Å²) < 4.78 is 36.9. The fourth-order valence-electron chi connectivity index (χ4n) is 2.43. The summed E-state index contributed by atoms with van der Waals surface area (Å²) in [7, 11) is 0. The van der Waals surface area contributed by atoms with Gasteiger partial charge in [0.25, 0.3) is 0 Å². The number of carboxylic acid groups (broad SMARTS) is 2. The van der Waals surface area contributed by atoms with E-state index in [4.69, 9.17) is 10.2 Å². The maximum atomic E-state index is 12.3. The van der Waals surface area contributed by atoms with Gasteiger partial charge in [-0.1, -0.05) is 11.8 Å². The summed E-state index contributed by atoms with van der Waals surface area (Å²) in [4.78, 5) is 46.5.